The molecule has 0 aliphatic heterocycles. The molecule has 6 N–H and O–H groups in total. The van der Waals surface area contributed by atoms with Crippen LogP contribution in [0.15, 0.2) is 39.6 Å². The Kier molecular flexibility index (Phi) is 10.9. The standard InChI is InChI=1S/C25H31BrF4N6O/c26-19-6-5-16(25(28,29)30)13-17(19)23-35-21-15-22(20(27)14-18(21)24(37)36-23)34-12-4-11-33-9-2-1-8-32-10-3-7-31/h5-6,13-15,32-34H,1-4,7-12,31H2,(H,35,36,37). The molecule has 0 atom stereocenters. The summed E-state index contributed by atoms with van der Waals surface area (Å²) in [4.78, 5) is 19.3. The maximum atomic E-state index is 14.6. The van der Waals surface area contributed by atoms with Crippen LogP contribution in [0, 0.1) is 5.82 Å². The molecule has 0 aliphatic rings. The van der Waals surface area contributed by atoms with Crippen LogP contribution in [-0.4, -0.2) is 49.2 Å². The summed E-state index contributed by atoms with van der Waals surface area (Å²) in [7, 11) is 0. The van der Waals surface area contributed by atoms with E-state index in [0.29, 0.717) is 17.6 Å². The zero-order valence-electron chi connectivity index (χ0n) is 20.3. The number of nitrogens with one attached hydrogen (secondary N) is 4. The Balaban J connectivity index is 1.59. The molecule has 0 amide bonds. The van der Waals surface area contributed by atoms with Crippen LogP contribution in [0.1, 0.15) is 31.2 Å². The summed E-state index contributed by atoms with van der Waals surface area (Å²) >= 11 is 3.21. The second kappa shape index (κ2) is 13.8. The van der Waals surface area contributed by atoms with Crippen LogP contribution in [0.2, 0.25) is 0 Å². The van der Waals surface area contributed by atoms with E-state index >= 15 is 0 Å². The summed E-state index contributed by atoms with van der Waals surface area (Å²) in [6, 6.07) is 5.56. The quantitative estimate of drug-likeness (QED) is 0.139. The van der Waals surface area contributed by atoms with Crippen molar-refractivity contribution in [3.8, 4) is 11.4 Å². The number of nitrogens with two attached hydrogens (primary N) is 1. The largest absolute Gasteiger partial charge is 0.416 e. The maximum absolute atomic E-state index is 14.6. The molecule has 3 aromatic rings. The zero-order valence-corrected chi connectivity index (χ0v) is 21.9. The molecule has 202 valence electrons. The van der Waals surface area contributed by atoms with Gasteiger partial charge in [0.05, 0.1) is 22.2 Å². The highest BCUT2D eigenvalue weighted by Gasteiger charge is 2.31. The molecular weight excluding hydrogens is 556 g/mol. The molecule has 7 nitrogen and oxygen atoms in total. The van der Waals surface area contributed by atoms with E-state index in [2.05, 4.69) is 41.8 Å². The lowest BCUT2D eigenvalue weighted by molar-refractivity contribution is -0.137. The van der Waals surface area contributed by atoms with E-state index in [-0.39, 0.29) is 28.0 Å². The van der Waals surface area contributed by atoms with Gasteiger partial charge >= 0.3 is 6.18 Å². The molecule has 1 heterocycles. The molecule has 1 aromatic heterocycles. The van der Waals surface area contributed by atoms with Crippen LogP contribution in [0.5, 0.6) is 0 Å². The maximum Gasteiger partial charge on any atom is 0.416 e. The molecule has 0 saturated carbocycles. The Labute approximate surface area is 220 Å². The summed E-state index contributed by atoms with van der Waals surface area (Å²) in [5, 5.41) is 9.70. The van der Waals surface area contributed by atoms with E-state index in [4.69, 9.17) is 5.73 Å². The average Bonchev–Trinajstić information content (AvgIpc) is 2.85. The Morgan fingerprint density at radius 3 is 2.30 bits per heavy atom. The van der Waals surface area contributed by atoms with Gasteiger partial charge in [-0.1, -0.05) is 15.9 Å². The SMILES string of the molecule is NCCCNCCCCNCCCNc1cc2nc(-c3cc(C(F)(F)F)ccc3Br)[nH]c(=O)c2cc1F. The lowest BCUT2D eigenvalue weighted by Crippen LogP contribution is -2.22. The number of anilines is 1. The van der Waals surface area contributed by atoms with Crippen molar-refractivity contribution in [1.82, 2.24) is 20.6 Å². The van der Waals surface area contributed by atoms with E-state index in [0.717, 1.165) is 70.1 Å². The van der Waals surface area contributed by atoms with Crippen LogP contribution >= 0.6 is 15.9 Å². The van der Waals surface area contributed by atoms with Crippen molar-refractivity contribution in [3.63, 3.8) is 0 Å². The molecule has 12 heteroatoms. The van der Waals surface area contributed by atoms with Gasteiger partial charge < -0.3 is 26.7 Å². The van der Waals surface area contributed by atoms with Crippen molar-refractivity contribution in [2.24, 2.45) is 5.73 Å². The first kappa shape index (κ1) is 29.0. The normalized spacial score (nSPS) is 11.8. The number of H-pyrrole nitrogens is 1. The second-order valence-corrected chi connectivity index (χ2v) is 9.44. The van der Waals surface area contributed by atoms with Crippen molar-refractivity contribution in [1.29, 1.82) is 0 Å². The molecule has 37 heavy (non-hydrogen) atoms. The third-order valence-electron chi connectivity index (χ3n) is 5.70. The number of rotatable bonds is 14. The summed E-state index contributed by atoms with van der Waals surface area (Å²) in [5.74, 6) is -0.658. The molecular formula is C25H31BrF4N6O. The molecule has 0 aliphatic carbocycles. The fourth-order valence-electron chi connectivity index (χ4n) is 3.72. The summed E-state index contributed by atoms with van der Waals surface area (Å²) in [6.45, 7) is 4.74. The molecule has 0 unspecified atom stereocenters. The summed E-state index contributed by atoms with van der Waals surface area (Å²) < 4.78 is 54.5. The molecule has 3 rings (SSSR count). The number of benzene rings is 2. The molecule has 0 radical (unpaired) electrons. The topological polar surface area (TPSA) is 108 Å². The van der Waals surface area contributed by atoms with Gasteiger partial charge in [-0.2, -0.15) is 13.2 Å². The Morgan fingerprint density at radius 1 is 0.946 bits per heavy atom. The fraction of sp³-hybridized carbons (Fsp3) is 0.440. The fourth-order valence-corrected chi connectivity index (χ4v) is 4.15. The number of aromatic nitrogens is 2. The zero-order chi connectivity index (χ0) is 26.8. The van der Waals surface area contributed by atoms with Crippen molar-refractivity contribution in [2.75, 3.05) is 44.6 Å². The van der Waals surface area contributed by atoms with Crippen molar-refractivity contribution in [2.45, 2.75) is 31.9 Å². The smallest absolute Gasteiger partial charge is 0.383 e. The van der Waals surface area contributed by atoms with E-state index in [1.807, 2.05) is 0 Å². The predicted octanol–water partition coefficient (Wildman–Crippen LogP) is 4.62. The first-order valence-corrected chi connectivity index (χ1v) is 13.0. The van der Waals surface area contributed by atoms with Crippen molar-refractivity contribution < 1.29 is 17.6 Å². The van der Waals surface area contributed by atoms with Crippen LogP contribution in [0.3, 0.4) is 0 Å². The number of fused-ring (bicyclic) bond motifs is 1. The van der Waals surface area contributed by atoms with Gasteiger partial charge in [-0.3, -0.25) is 4.79 Å². The minimum Gasteiger partial charge on any atom is -0.383 e. The summed E-state index contributed by atoms with van der Waals surface area (Å²) in [6.07, 6.45) is -0.707. The van der Waals surface area contributed by atoms with Crippen LogP contribution in [-0.2, 0) is 6.18 Å². The molecule has 0 saturated heterocycles. The lowest BCUT2D eigenvalue weighted by atomic mass is 10.1. The number of hydrogen-bond acceptors (Lipinski definition) is 6. The number of nitrogens with zero attached hydrogens (tertiary/aromatic N) is 1. The van der Waals surface area contributed by atoms with Gasteiger partial charge in [0, 0.05) is 16.6 Å². The van der Waals surface area contributed by atoms with E-state index in [1.54, 1.807) is 0 Å². The number of hydrogen-bond donors (Lipinski definition) is 5. The van der Waals surface area contributed by atoms with E-state index in [1.165, 1.54) is 12.1 Å². The highest BCUT2D eigenvalue weighted by atomic mass is 79.9. The summed E-state index contributed by atoms with van der Waals surface area (Å²) in [5.41, 5.74) is 4.35. The van der Waals surface area contributed by atoms with Crippen molar-refractivity contribution >= 4 is 32.5 Å². The minimum absolute atomic E-state index is 0.00841. The van der Waals surface area contributed by atoms with Gasteiger partial charge in [0.2, 0.25) is 0 Å². The number of halogens is 5. The Morgan fingerprint density at radius 2 is 1.62 bits per heavy atom. The van der Waals surface area contributed by atoms with Crippen LogP contribution < -0.4 is 27.2 Å². The second-order valence-electron chi connectivity index (χ2n) is 8.59. The van der Waals surface area contributed by atoms with Gasteiger partial charge in [0.15, 0.2) is 0 Å². The van der Waals surface area contributed by atoms with Crippen molar-refractivity contribution in [3.05, 3.63) is 56.5 Å². The van der Waals surface area contributed by atoms with Gasteiger partial charge in [0.25, 0.3) is 5.56 Å². The van der Waals surface area contributed by atoms with Gasteiger partial charge in [-0.05, 0) is 88.7 Å². The third kappa shape index (κ3) is 8.49. The molecule has 0 bridgehead atoms. The Hall–Kier alpha value is -2.54. The molecule has 0 spiro atoms. The minimum atomic E-state index is -4.55. The highest BCUT2D eigenvalue weighted by molar-refractivity contribution is 9.10. The van der Waals surface area contributed by atoms with Gasteiger partial charge in [-0.15, -0.1) is 0 Å². The predicted molar refractivity (Wildman–Crippen MR) is 142 cm³/mol. The monoisotopic (exact) mass is 586 g/mol. The average molecular weight is 587 g/mol. The highest BCUT2D eigenvalue weighted by Crippen LogP contribution is 2.35. The van der Waals surface area contributed by atoms with Crippen LogP contribution in [0.25, 0.3) is 22.3 Å². The first-order valence-electron chi connectivity index (χ1n) is 12.2. The van der Waals surface area contributed by atoms with E-state index < -0.39 is 23.1 Å². The number of alkyl halides is 3. The molecule has 0 fully saturated rings. The van der Waals surface area contributed by atoms with E-state index in [9.17, 15) is 22.4 Å². The van der Waals surface area contributed by atoms with Crippen LogP contribution in [0.4, 0.5) is 23.2 Å². The Bertz CT molecular complexity index is 1230. The molecule has 2 aromatic carbocycles. The lowest BCUT2D eigenvalue weighted by Gasteiger charge is -2.12. The first-order chi connectivity index (χ1) is 17.7. The third-order valence-corrected chi connectivity index (χ3v) is 6.40. The number of aromatic amines is 1. The van der Waals surface area contributed by atoms with Gasteiger partial charge in [0.1, 0.15) is 11.6 Å². The number of unbranched alkanes of at least 4 members (excludes halogenated alkanes) is 1. The van der Waals surface area contributed by atoms with Gasteiger partial charge in [-0.25, -0.2) is 9.37 Å².